The molecular formula is C12H11NO4. The monoisotopic (exact) mass is 233 g/mol. The molecule has 0 aliphatic heterocycles. The zero-order chi connectivity index (χ0) is 12.3. The molecule has 17 heavy (non-hydrogen) atoms. The van der Waals surface area contributed by atoms with Gasteiger partial charge in [-0.3, -0.25) is 9.59 Å². The molecule has 1 aromatic heterocycles. The SMILES string of the molecule is Nc1ccc2c(=O)cc(CCOC=O)oc2c1. The van der Waals surface area contributed by atoms with Gasteiger partial charge in [-0.1, -0.05) is 0 Å². The number of nitrogen functional groups attached to an aromatic ring is 1. The highest BCUT2D eigenvalue weighted by atomic mass is 16.5. The first-order chi connectivity index (χ1) is 8.20. The molecule has 2 N–H and O–H groups in total. The molecule has 0 unspecified atom stereocenters. The summed E-state index contributed by atoms with van der Waals surface area (Å²) in [5.41, 5.74) is 6.45. The Morgan fingerprint density at radius 1 is 1.35 bits per heavy atom. The van der Waals surface area contributed by atoms with Crippen LogP contribution in [0.1, 0.15) is 5.76 Å². The summed E-state index contributed by atoms with van der Waals surface area (Å²) < 4.78 is 10.0. The van der Waals surface area contributed by atoms with Crippen LogP contribution in [-0.2, 0) is 16.0 Å². The number of hydrogen-bond acceptors (Lipinski definition) is 5. The van der Waals surface area contributed by atoms with E-state index in [0.29, 0.717) is 35.3 Å². The van der Waals surface area contributed by atoms with Crippen LogP contribution in [-0.4, -0.2) is 13.1 Å². The van der Waals surface area contributed by atoms with Crippen molar-refractivity contribution in [1.29, 1.82) is 0 Å². The van der Waals surface area contributed by atoms with Crippen LogP contribution in [0.5, 0.6) is 0 Å². The lowest BCUT2D eigenvalue weighted by atomic mass is 10.2. The van der Waals surface area contributed by atoms with Gasteiger partial charge in [-0.25, -0.2) is 0 Å². The van der Waals surface area contributed by atoms with E-state index >= 15 is 0 Å². The van der Waals surface area contributed by atoms with Gasteiger partial charge in [-0.15, -0.1) is 0 Å². The first kappa shape index (κ1) is 11.2. The van der Waals surface area contributed by atoms with E-state index in [9.17, 15) is 9.59 Å². The lowest BCUT2D eigenvalue weighted by molar-refractivity contribution is -0.128. The average molecular weight is 233 g/mol. The molecule has 0 radical (unpaired) electrons. The molecule has 0 amide bonds. The summed E-state index contributed by atoms with van der Waals surface area (Å²) in [4.78, 5) is 21.7. The van der Waals surface area contributed by atoms with E-state index in [1.165, 1.54) is 6.07 Å². The van der Waals surface area contributed by atoms with Gasteiger partial charge in [0.05, 0.1) is 12.0 Å². The second-order valence-corrected chi connectivity index (χ2v) is 3.55. The zero-order valence-corrected chi connectivity index (χ0v) is 9.01. The molecule has 0 fully saturated rings. The van der Waals surface area contributed by atoms with Crippen LogP contribution in [0, 0.1) is 0 Å². The van der Waals surface area contributed by atoms with Crippen molar-refractivity contribution in [2.75, 3.05) is 12.3 Å². The fourth-order valence-electron chi connectivity index (χ4n) is 1.55. The van der Waals surface area contributed by atoms with Gasteiger partial charge in [0, 0.05) is 24.2 Å². The Labute approximate surface area is 96.8 Å². The Bertz CT molecular complexity index is 603. The van der Waals surface area contributed by atoms with E-state index in [4.69, 9.17) is 10.2 Å². The van der Waals surface area contributed by atoms with Crippen molar-refractivity contribution in [1.82, 2.24) is 0 Å². The van der Waals surface area contributed by atoms with E-state index in [2.05, 4.69) is 4.74 Å². The molecule has 0 saturated heterocycles. The van der Waals surface area contributed by atoms with Crippen LogP contribution in [0.2, 0.25) is 0 Å². The maximum absolute atomic E-state index is 11.7. The first-order valence-corrected chi connectivity index (χ1v) is 5.08. The minimum absolute atomic E-state index is 0.132. The molecule has 0 aliphatic carbocycles. The number of carbonyl (C=O) groups is 1. The highest BCUT2D eigenvalue weighted by Crippen LogP contribution is 2.16. The zero-order valence-electron chi connectivity index (χ0n) is 9.01. The smallest absolute Gasteiger partial charge is 0.293 e. The van der Waals surface area contributed by atoms with Gasteiger partial charge < -0.3 is 14.9 Å². The van der Waals surface area contributed by atoms with E-state index in [1.807, 2.05) is 0 Å². The molecule has 0 bridgehead atoms. The lowest BCUT2D eigenvalue weighted by Crippen LogP contribution is -2.05. The van der Waals surface area contributed by atoms with E-state index in [0.717, 1.165) is 0 Å². The van der Waals surface area contributed by atoms with Crippen molar-refractivity contribution >= 4 is 23.1 Å². The first-order valence-electron chi connectivity index (χ1n) is 5.08. The number of nitrogens with two attached hydrogens (primary N) is 1. The molecule has 0 spiro atoms. The molecule has 1 heterocycles. The maximum Gasteiger partial charge on any atom is 0.293 e. The molecule has 5 nitrogen and oxygen atoms in total. The van der Waals surface area contributed by atoms with Gasteiger partial charge in [0.25, 0.3) is 6.47 Å². The summed E-state index contributed by atoms with van der Waals surface area (Å²) in [5.74, 6) is 0.468. The molecule has 0 saturated carbocycles. The summed E-state index contributed by atoms with van der Waals surface area (Å²) in [5, 5.41) is 0.485. The van der Waals surface area contributed by atoms with Gasteiger partial charge in [0.1, 0.15) is 11.3 Å². The van der Waals surface area contributed by atoms with Gasteiger partial charge in [-0.05, 0) is 12.1 Å². The predicted molar refractivity (Wildman–Crippen MR) is 62.6 cm³/mol. The van der Waals surface area contributed by atoms with Crippen molar-refractivity contribution < 1.29 is 13.9 Å². The average Bonchev–Trinajstić information content (AvgIpc) is 2.28. The number of rotatable bonds is 4. The molecule has 0 aliphatic rings. The molecule has 0 atom stereocenters. The third-order valence-electron chi connectivity index (χ3n) is 2.34. The number of benzene rings is 1. The fraction of sp³-hybridized carbons (Fsp3) is 0.167. The minimum Gasteiger partial charge on any atom is -0.467 e. The Morgan fingerprint density at radius 3 is 2.94 bits per heavy atom. The van der Waals surface area contributed by atoms with Crippen molar-refractivity contribution in [3.63, 3.8) is 0 Å². The second kappa shape index (κ2) is 4.69. The van der Waals surface area contributed by atoms with E-state index in [-0.39, 0.29) is 12.0 Å². The van der Waals surface area contributed by atoms with Crippen LogP contribution < -0.4 is 11.2 Å². The summed E-state index contributed by atoms with van der Waals surface area (Å²) >= 11 is 0. The summed E-state index contributed by atoms with van der Waals surface area (Å²) in [6, 6.07) is 6.27. The van der Waals surface area contributed by atoms with Crippen molar-refractivity contribution in [3.8, 4) is 0 Å². The Kier molecular flexibility index (Phi) is 3.09. The van der Waals surface area contributed by atoms with Crippen LogP contribution in [0.4, 0.5) is 5.69 Å². The standard InChI is InChI=1S/C12H11NO4/c13-8-1-2-10-11(15)6-9(3-4-16-7-14)17-12(10)5-8/h1-2,5-7H,3-4,13H2. The number of anilines is 1. The van der Waals surface area contributed by atoms with Crippen molar-refractivity contribution in [2.45, 2.75) is 6.42 Å². The van der Waals surface area contributed by atoms with Crippen LogP contribution in [0.15, 0.2) is 33.5 Å². The van der Waals surface area contributed by atoms with E-state index < -0.39 is 0 Å². The predicted octanol–water partition coefficient (Wildman–Crippen LogP) is 1.09. The summed E-state index contributed by atoms with van der Waals surface area (Å²) in [6.07, 6.45) is 0.360. The van der Waals surface area contributed by atoms with Crippen LogP contribution in [0.25, 0.3) is 11.0 Å². The quantitative estimate of drug-likeness (QED) is 0.485. The second-order valence-electron chi connectivity index (χ2n) is 3.55. The van der Waals surface area contributed by atoms with Gasteiger partial charge in [-0.2, -0.15) is 0 Å². The fourth-order valence-corrected chi connectivity index (χ4v) is 1.55. The molecule has 5 heteroatoms. The van der Waals surface area contributed by atoms with Gasteiger partial charge >= 0.3 is 0 Å². The number of ether oxygens (including phenoxy) is 1. The van der Waals surface area contributed by atoms with Crippen LogP contribution in [0.3, 0.4) is 0 Å². The topological polar surface area (TPSA) is 82.5 Å². The summed E-state index contributed by atoms with van der Waals surface area (Å²) in [7, 11) is 0. The van der Waals surface area contributed by atoms with E-state index in [1.54, 1.807) is 18.2 Å². The number of fused-ring (bicyclic) bond motifs is 1. The molecule has 88 valence electrons. The van der Waals surface area contributed by atoms with Crippen molar-refractivity contribution in [2.24, 2.45) is 0 Å². The Balaban J connectivity index is 2.39. The number of carbonyl (C=O) groups excluding carboxylic acids is 1. The summed E-state index contributed by atoms with van der Waals surface area (Å²) in [6.45, 7) is 0.539. The normalized spacial score (nSPS) is 10.4. The highest BCUT2D eigenvalue weighted by Gasteiger charge is 2.05. The minimum atomic E-state index is -0.132. The number of hydrogen-bond donors (Lipinski definition) is 1. The molecule has 2 rings (SSSR count). The van der Waals surface area contributed by atoms with Crippen LogP contribution >= 0.6 is 0 Å². The molecular weight excluding hydrogens is 222 g/mol. The molecule has 2 aromatic rings. The van der Waals surface area contributed by atoms with Gasteiger partial charge in [0.2, 0.25) is 0 Å². The lowest BCUT2D eigenvalue weighted by Gasteiger charge is -2.03. The molecule has 1 aromatic carbocycles. The van der Waals surface area contributed by atoms with Gasteiger partial charge in [0.15, 0.2) is 5.43 Å². The third-order valence-corrected chi connectivity index (χ3v) is 2.34. The maximum atomic E-state index is 11.7. The Hall–Kier alpha value is -2.30. The largest absolute Gasteiger partial charge is 0.467 e. The Morgan fingerprint density at radius 2 is 2.18 bits per heavy atom. The highest BCUT2D eigenvalue weighted by molar-refractivity contribution is 5.79. The van der Waals surface area contributed by atoms with Crippen molar-refractivity contribution in [3.05, 3.63) is 40.2 Å². The third kappa shape index (κ3) is 2.44.